The molecule has 1 aliphatic carbocycles. The van der Waals surface area contributed by atoms with Gasteiger partial charge in [-0.2, -0.15) is 0 Å². The molecule has 1 aliphatic rings. The van der Waals surface area contributed by atoms with Crippen LogP contribution < -0.4 is 10.5 Å². The van der Waals surface area contributed by atoms with Crippen molar-refractivity contribution >= 4 is 23.2 Å². The number of benzene rings is 1. The van der Waals surface area contributed by atoms with E-state index in [0.29, 0.717) is 16.1 Å². The van der Waals surface area contributed by atoms with Gasteiger partial charge in [0.1, 0.15) is 16.3 Å². The third-order valence-corrected chi connectivity index (χ3v) is 6.36. The van der Waals surface area contributed by atoms with Gasteiger partial charge in [0.15, 0.2) is 0 Å². The summed E-state index contributed by atoms with van der Waals surface area (Å²) in [6.45, 7) is 2.06. The van der Waals surface area contributed by atoms with Gasteiger partial charge in [0, 0.05) is 18.3 Å². The molecule has 1 aromatic carbocycles. The smallest absolute Gasteiger partial charge is 0.267 e. The minimum absolute atomic E-state index is 0.108. The molecule has 8 heteroatoms. The Hall–Kier alpha value is -3.26. The normalized spacial score (nSPS) is 14.9. The molecule has 2 heterocycles. The van der Waals surface area contributed by atoms with E-state index < -0.39 is 5.91 Å². The Morgan fingerprint density at radius 2 is 2.13 bits per heavy atom. The number of nitrogens with two attached hydrogens (primary N) is 1. The summed E-state index contributed by atoms with van der Waals surface area (Å²) in [5, 5.41) is 0. The Bertz CT molecular complexity index is 1110. The molecule has 30 heavy (non-hydrogen) atoms. The number of amides is 2. The largest absolute Gasteiger partial charge is 0.497 e. The van der Waals surface area contributed by atoms with Crippen molar-refractivity contribution in [3.05, 3.63) is 75.0 Å². The standard InChI is InChI=1S/C22H22N4O3S/c1-13-20(30-12-25-13)22(28)26(11-15-4-3-9-24-19(15)21(23)27)18-8-5-14-10-16(29-2)6-7-17(14)18/h3-4,6-7,9-10,12,18H,5,8,11H2,1-2H3,(H2,23,27)/t18-/m1/s1. The number of carbonyl (C=O) groups excluding carboxylic acids is 2. The molecule has 3 aromatic rings. The molecule has 2 amide bonds. The SMILES string of the molecule is COc1ccc2c(c1)CC[C@H]2N(Cc1cccnc1C(N)=O)C(=O)c1scnc1C. The van der Waals surface area contributed by atoms with Gasteiger partial charge in [0.25, 0.3) is 11.8 Å². The fourth-order valence-electron chi connectivity index (χ4n) is 3.95. The van der Waals surface area contributed by atoms with Crippen molar-refractivity contribution < 1.29 is 14.3 Å². The molecule has 0 bridgehead atoms. The second kappa shape index (κ2) is 8.23. The first-order valence-corrected chi connectivity index (χ1v) is 10.5. The first kappa shape index (κ1) is 20.0. The molecule has 0 spiro atoms. The van der Waals surface area contributed by atoms with Crippen LogP contribution in [0, 0.1) is 6.92 Å². The predicted octanol–water partition coefficient (Wildman–Crippen LogP) is 3.28. The highest BCUT2D eigenvalue weighted by molar-refractivity contribution is 7.11. The number of fused-ring (bicyclic) bond motifs is 1. The highest BCUT2D eigenvalue weighted by atomic mass is 32.1. The van der Waals surface area contributed by atoms with Gasteiger partial charge >= 0.3 is 0 Å². The van der Waals surface area contributed by atoms with Gasteiger partial charge in [-0.05, 0) is 49.1 Å². The number of methoxy groups -OCH3 is 1. The Morgan fingerprint density at radius 1 is 1.30 bits per heavy atom. The number of primary amides is 1. The van der Waals surface area contributed by atoms with Crippen molar-refractivity contribution in [3.63, 3.8) is 0 Å². The molecular weight excluding hydrogens is 400 g/mol. The predicted molar refractivity (Wildman–Crippen MR) is 114 cm³/mol. The molecular formula is C22H22N4O3S. The van der Waals surface area contributed by atoms with Crippen molar-refractivity contribution in [1.82, 2.24) is 14.9 Å². The summed E-state index contributed by atoms with van der Waals surface area (Å²) in [4.78, 5) is 36.2. The van der Waals surface area contributed by atoms with Crippen molar-refractivity contribution in [2.75, 3.05) is 7.11 Å². The average molecular weight is 423 g/mol. The molecule has 0 unspecified atom stereocenters. The maximum atomic E-state index is 13.6. The minimum Gasteiger partial charge on any atom is -0.497 e. The monoisotopic (exact) mass is 422 g/mol. The second-order valence-electron chi connectivity index (χ2n) is 7.19. The molecule has 0 aliphatic heterocycles. The lowest BCUT2D eigenvalue weighted by atomic mass is 10.0. The number of aromatic nitrogens is 2. The molecule has 154 valence electrons. The van der Waals surface area contributed by atoms with Crippen molar-refractivity contribution in [1.29, 1.82) is 0 Å². The number of thiazole rings is 1. The van der Waals surface area contributed by atoms with E-state index in [4.69, 9.17) is 10.5 Å². The maximum absolute atomic E-state index is 13.6. The van der Waals surface area contributed by atoms with E-state index in [1.165, 1.54) is 23.1 Å². The lowest BCUT2D eigenvalue weighted by Crippen LogP contribution is -2.34. The van der Waals surface area contributed by atoms with Gasteiger partial charge in [-0.15, -0.1) is 11.3 Å². The number of carbonyl (C=O) groups is 2. The number of ether oxygens (including phenoxy) is 1. The molecule has 0 fully saturated rings. The summed E-state index contributed by atoms with van der Waals surface area (Å²) < 4.78 is 5.35. The van der Waals surface area contributed by atoms with Crippen LogP contribution in [-0.2, 0) is 13.0 Å². The summed E-state index contributed by atoms with van der Waals surface area (Å²) in [6, 6.07) is 9.36. The molecule has 0 radical (unpaired) electrons. The van der Waals surface area contributed by atoms with E-state index in [9.17, 15) is 9.59 Å². The van der Waals surface area contributed by atoms with Gasteiger partial charge in [-0.3, -0.25) is 14.6 Å². The topological polar surface area (TPSA) is 98.4 Å². The second-order valence-corrected chi connectivity index (χ2v) is 8.05. The van der Waals surface area contributed by atoms with E-state index >= 15 is 0 Å². The van der Waals surface area contributed by atoms with Crippen LogP contribution in [0.5, 0.6) is 5.75 Å². The number of hydrogen-bond acceptors (Lipinski definition) is 6. The molecule has 0 saturated heterocycles. The van der Waals surface area contributed by atoms with Crippen molar-refractivity contribution in [2.24, 2.45) is 5.73 Å². The quantitative estimate of drug-likeness (QED) is 0.657. The van der Waals surface area contributed by atoms with Gasteiger partial charge in [-0.1, -0.05) is 12.1 Å². The summed E-state index contributed by atoms with van der Waals surface area (Å²) >= 11 is 1.32. The fourth-order valence-corrected chi connectivity index (χ4v) is 4.71. The lowest BCUT2D eigenvalue weighted by molar-refractivity contribution is 0.0660. The van der Waals surface area contributed by atoms with E-state index in [2.05, 4.69) is 9.97 Å². The number of pyridine rings is 1. The highest BCUT2D eigenvalue weighted by Crippen LogP contribution is 2.39. The summed E-state index contributed by atoms with van der Waals surface area (Å²) in [5.74, 6) is 0.0836. The molecule has 2 aromatic heterocycles. The average Bonchev–Trinajstić information content (AvgIpc) is 3.37. The van der Waals surface area contributed by atoms with Gasteiger partial charge in [0.2, 0.25) is 0 Å². The molecule has 2 N–H and O–H groups in total. The Kier molecular flexibility index (Phi) is 5.50. The van der Waals surface area contributed by atoms with Crippen LogP contribution in [0.4, 0.5) is 0 Å². The number of aryl methyl sites for hydroxylation is 2. The van der Waals surface area contributed by atoms with Crippen LogP contribution in [0.2, 0.25) is 0 Å². The van der Waals surface area contributed by atoms with Gasteiger partial charge in [-0.25, -0.2) is 4.98 Å². The van der Waals surface area contributed by atoms with Crippen LogP contribution in [-0.4, -0.2) is 33.8 Å². The van der Waals surface area contributed by atoms with Crippen molar-refractivity contribution in [2.45, 2.75) is 32.4 Å². The third kappa shape index (κ3) is 3.66. The zero-order valence-electron chi connectivity index (χ0n) is 16.8. The van der Waals surface area contributed by atoms with Crippen LogP contribution in [0.1, 0.15) is 55.0 Å². The maximum Gasteiger partial charge on any atom is 0.267 e. The summed E-state index contributed by atoms with van der Waals surface area (Å²) in [6.07, 6.45) is 3.16. The Balaban J connectivity index is 1.76. The van der Waals surface area contributed by atoms with E-state index in [1.54, 1.807) is 24.8 Å². The Labute approximate surface area is 178 Å². The van der Waals surface area contributed by atoms with Gasteiger partial charge < -0.3 is 15.4 Å². The number of nitrogens with zero attached hydrogens (tertiary/aromatic N) is 3. The van der Waals surface area contributed by atoms with E-state index in [-0.39, 0.29) is 24.2 Å². The summed E-state index contributed by atoms with van der Waals surface area (Å²) in [5.41, 5.74) is 11.0. The molecule has 4 rings (SSSR count). The number of hydrogen-bond donors (Lipinski definition) is 1. The van der Waals surface area contributed by atoms with Crippen LogP contribution >= 0.6 is 11.3 Å². The molecule has 7 nitrogen and oxygen atoms in total. The van der Waals surface area contributed by atoms with Gasteiger partial charge in [0.05, 0.1) is 24.4 Å². The first-order valence-electron chi connectivity index (χ1n) is 9.61. The zero-order valence-corrected chi connectivity index (χ0v) is 17.6. The Morgan fingerprint density at radius 3 is 2.83 bits per heavy atom. The molecule has 0 saturated carbocycles. The molecule has 1 atom stereocenters. The first-order chi connectivity index (χ1) is 14.5. The minimum atomic E-state index is -0.608. The van der Waals surface area contributed by atoms with Crippen LogP contribution in [0.3, 0.4) is 0 Å². The van der Waals surface area contributed by atoms with E-state index in [0.717, 1.165) is 24.2 Å². The van der Waals surface area contributed by atoms with E-state index in [1.807, 2.05) is 30.0 Å². The zero-order chi connectivity index (χ0) is 21.3. The third-order valence-electron chi connectivity index (χ3n) is 5.44. The van der Waals surface area contributed by atoms with Crippen molar-refractivity contribution in [3.8, 4) is 5.75 Å². The number of rotatable bonds is 6. The van der Waals surface area contributed by atoms with Crippen LogP contribution in [0.25, 0.3) is 0 Å². The summed E-state index contributed by atoms with van der Waals surface area (Å²) in [7, 11) is 1.64. The lowest BCUT2D eigenvalue weighted by Gasteiger charge is -2.30. The van der Waals surface area contributed by atoms with Crippen LogP contribution in [0.15, 0.2) is 42.0 Å². The highest BCUT2D eigenvalue weighted by Gasteiger charge is 2.33. The fraction of sp³-hybridized carbons (Fsp3) is 0.273.